The van der Waals surface area contributed by atoms with Crippen LogP contribution in [0.15, 0.2) is 29.1 Å². The first-order chi connectivity index (χ1) is 12.9. The van der Waals surface area contributed by atoms with Gasteiger partial charge in [-0.25, -0.2) is 0 Å². The van der Waals surface area contributed by atoms with Crippen LogP contribution in [0.1, 0.15) is 36.8 Å². The number of thiophene rings is 1. The molecule has 0 radical (unpaired) electrons. The molecule has 1 N–H and O–H groups in total. The van der Waals surface area contributed by atoms with Crippen molar-refractivity contribution in [2.24, 2.45) is 5.92 Å². The van der Waals surface area contributed by atoms with Gasteiger partial charge in [-0.3, -0.25) is 9.59 Å². The minimum absolute atomic E-state index is 0.245. The summed E-state index contributed by atoms with van der Waals surface area (Å²) in [5, 5.41) is 12.3. The van der Waals surface area contributed by atoms with Crippen molar-refractivity contribution in [2.45, 2.75) is 39.2 Å². The van der Waals surface area contributed by atoms with Crippen molar-refractivity contribution in [3.05, 3.63) is 50.1 Å². The molecule has 140 valence electrons. The molecule has 0 aliphatic heterocycles. The Balaban J connectivity index is 1.66. The van der Waals surface area contributed by atoms with Crippen molar-refractivity contribution < 1.29 is 4.79 Å². The number of benzene rings is 1. The molecule has 4 rings (SSSR count). The van der Waals surface area contributed by atoms with Crippen LogP contribution in [0.5, 0.6) is 0 Å². The highest BCUT2D eigenvalue weighted by Crippen LogP contribution is 2.35. The van der Waals surface area contributed by atoms with Gasteiger partial charge in [0.15, 0.2) is 4.83 Å². The second-order valence-corrected chi connectivity index (χ2v) is 8.56. The molecule has 3 aromatic rings. The Morgan fingerprint density at radius 3 is 2.85 bits per heavy atom. The number of halogens is 1. The highest BCUT2D eigenvalue weighted by Gasteiger charge is 2.26. The SMILES string of the molecule is CC1CCc2c(sc3nnn(C(C)C(=O)Nc4ccc(Cl)cc4)c(=O)c23)C1. The van der Waals surface area contributed by atoms with Crippen molar-refractivity contribution in [3.63, 3.8) is 0 Å². The smallest absolute Gasteiger partial charge is 0.279 e. The van der Waals surface area contributed by atoms with Crippen molar-refractivity contribution >= 4 is 44.7 Å². The molecule has 0 saturated carbocycles. The number of carbonyl (C=O) groups is 1. The summed E-state index contributed by atoms with van der Waals surface area (Å²) in [6.07, 6.45) is 2.92. The van der Waals surface area contributed by atoms with E-state index in [1.165, 1.54) is 9.56 Å². The van der Waals surface area contributed by atoms with E-state index in [1.54, 1.807) is 42.5 Å². The first kappa shape index (κ1) is 18.1. The maximum Gasteiger partial charge on any atom is 0.279 e. The van der Waals surface area contributed by atoms with Gasteiger partial charge >= 0.3 is 0 Å². The van der Waals surface area contributed by atoms with Gasteiger partial charge in [0.25, 0.3) is 5.56 Å². The van der Waals surface area contributed by atoms with E-state index < -0.39 is 6.04 Å². The number of hydrogen-bond donors (Lipinski definition) is 1. The van der Waals surface area contributed by atoms with E-state index in [0.29, 0.717) is 26.8 Å². The van der Waals surface area contributed by atoms with Crippen LogP contribution >= 0.6 is 22.9 Å². The second kappa shape index (κ2) is 7.05. The third-order valence-corrected chi connectivity index (χ3v) is 6.40. The van der Waals surface area contributed by atoms with E-state index in [1.807, 2.05) is 0 Å². The van der Waals surface area contributed by atoms with Gasteiger partial charge in [0.2, 0.25) is 5.91 Å². The zero-order valence-electron chi connectivity index (χ0n) is 15.0. The van der Waals surface area contributed by atoms with Gasteiger partial charge in [-0.1, -0.05) is 23.7 Å². The summed E-state index contributed by atoms with van der Waals surface area (Å²) in [5.41, 5.74) is 1.46. The second-order valence-electron chi connectivity index (χ2n) is 7.04. The third-order valence-electron chi connectivity index (χ3n) is 5.01. The lowest BCUT2D eigenvalue weighted by Crippen LogP contribution is -2.34. The van der Waals surface area contributed by atoms with E-state index >= 15 is 0 Å². The van der Waals surface area contributed by atoms with Gasteiger partial charge < -0.3 is 5.32 Å². The molecule has 6 nitrogen and oxygen atoms in total. The molecule has 0 saturated heterocycles. The van der Waals surface area contributed by atoms with Crippen LogP contribution < -0.4 is 10.9 Å². The van der Waals surface area contributed by atoms with Crippen molar-refractivity contribution in [2.75, 3.05) is 5.32 Å². The molecule has 0 spiro atoms. The lowest BCUT2D eigenvalue weighted by atomic mass is 9.89. The molecule has 1 aromatic carbocycles. The Bertz CT molecular complexity index is 1070. The summed E-state index contributed by atoms with van der Waals surface area (Å²) in [7, 11) is 0. The average Bonchev–Trinajstić information content (AvgIpc) is 3.01. The molecular weight excluding hydrogens is 384 g/mol. The largest absolute Gasteiger partial charge is 0.324 e. The van der Waals surface area contributed by atoms with Crippen LogP contribution in [0.25, 0.3) is 10.2 Å². The van der Waals surface area contributed by atoms with E-state index in [-0.39, 0.29) is 11.5 Å². The van der Waals surface area contributed by atoms with Crippen LogP contribution in [0.3, 0.4) is 0 Å². The Kier molecular flexibility index (Phi) is 4.74. The van der Waals surface area contributed by atoms with Gasteiger partial charge in [-0.15, -0.1) is 16.4 Å². The Hall–Kier alpha value is -2.25. The molecule has 2 aromatic heterocycles. The maximum absolute atomic E-state index is 13.1. The van der Waals surface area contributed by atoms with Crippen LogP contribution in [0.4, 0.5) is 5.69 Å². The quantitative estimate of drug-likeness (QED) is 0.722. The fourth-order valence-corrected chi connectivity index (χ4v) is 4.86. The number of aromatic nitrogens is 3. The lowest BCUT2D eigenvalue weighted by Gasteiger charge is -2.17. The van der Waals surface area contributed by atoms with Gasteiger partial charge in [0, 0.05) is 15.6 Å². The molecule has 2 unspecified atom stereocenters. The van der Waals surface area contributed by atoms with Crippen molar-refractivity contribution in [3.8, 4) is 0 Å². The minimum atomic E-state index is -0.775. The van der Waals surface area contributed by atoms with Gasteiger partial charge in [0.1, 0.15) is 6.04 Å². The minimum Gasteiger partial charge on any atom is -0.324 e. The summed E-state index contributed by atoms with van der Waals surface area (Å²) in [5.74, 6) is 0.288. The number of fused-ring (bicyclic) bond motifs is 3. The number of carbonyl (C=O) groups excluding carboxylic acids is 1. The Morgan fingerprint density at radius 1 is 1.37 bits per heavy atom. The number of hydrogen-bond acceptors (Lipinski definition) is 5. The van der Waals surface area contributed by atoms with Crippen LogP contribution in [0, 0.1) is 5.92 Å². The number of rotatable bonds is 3. The van der Waals surface area contributed by atoms with E-state index in [4.69, 9.17) is 11.6 Å². The zero-order chi connectivity index (χ0) is 19.1. The number of nitrogens with zero attached hydrogens (tertiary/aromatic N) is 3. The molecule has 2 atom stereocenters. The van der Waals surface area contributed by atoms with Crippen molar-refractivity contribution in [1.29, 1.82) is 0 Å². The molecule has 8 heteroatoms. The molecule has 1 aliphatic rings. The molecule has 27 heavy (non-hydrogen) atoms. The number of amides is 1. The molecule has 2 heterocycles. The Morgan fingerprint density at radius 2 is 2.11 bits per heavy atom. The van der Waals surface area contributed by atoms with Gasteiger partial charge in [-0.05, 0) is 61.9 Å². The first-order valence-electron chi connectivity index (χ1n) is 8.90. The molecule has 1 aliphatic carbocycles. The topological polar surface area (TPSA) is 76.9 Å². The van der Waals surface area contributed by atoms with Gasteiger partial charge in [-0.2, -0.15) is 4.68 Å². The number of nitrogens with one attached hydrogen (secondary N) is 1. The highest BCUT2D eigenvalue weighted by molar-refractivity contribution is 7.18. The van der Waals surface area contributed by atoms with E-state index in [0.717, 1.165) is 24.8 Å². The van der Waals surface area contributed by atoms with Crippen LogP contribution in [-0.2, 0) is 17.6 Å². The predicted molar refractivity (Wildman–Crippen MR) is 108 cm³/mol. The van der Waals surface area contributed by atoms with E-state index in [2.05, 4.69) is 22.6 Å². The fraction of sp³-hybridized carbons (Fsp3) is 0.368. The summed E-state index contributed by atoms with van der Waals surface area (Å²) in [6.45, 7) is 3.87. The summed E-state index contributed by atoms with van der Waals surface area (Å²) >= 11 is 7.41. The standard InChI is InChI=1S/C19H19ClN4O2S/c1-10-3-8-14-15(9-10)27-18-16(14)19(26)24(23-22-18)11(2)17(25)21-13-6-4-12(20)5-7-13/h4-7,10-11H,3,8-9H2,1-2H3,(H,21,25). The summed E-state index contributed by atoms with van der Waals surface area (Å²) in [4.78, 5) is 27.5. The average molecular weight is 403 g/mol. The lowest BCUT2D eigenvalue weighted by molar-refractivity contribution is -0.119. The zero-order valence-corrected chi connectivity index (χ0v) is 16.6. The third kappa shape index (κ3) is 3.37. The molecule has 0 bridgehead atoms. The predicted octanol–water partition coefficient (Wildman–Crippen LogP) is 3.83. The van der Waals surface area contributed by atoms with Crippen molar-refractivity contribution in [1.82, 2.24) is 15.0 Å². The van der Waals surface area contributed by atoms with Gasteiger partial charge in [0.05, 0.1) is 5.39 Å². The fourth-order valence-electron chi connectivity index (χ4n) is 3.42. The summed E-state index contributed by atoms with van der Waals surface area (Å²) < 4.78 is 1.18. The van der Waals surface area contributed by atoms with Crippen LogP contribution in [-0.4, -0.2) is 20.9 Å². The Labute approximate surface area is 165 Å². The molecule has 0 fully saturated rings. The normalized spacial score (nSPS) is 17.5. The maximum atomic E-state index is 13.1. The monoisotopic (exact) mass is 402 g/mol. The number of anilines is 1. The van der Waals surface area contributed by atoms with E-state index in [9.17, 15) is 9.59 Å². The number of aryl methyl sites for hydroxylation is 1. The molecular formula is C19H19ClN4O2S. The molecule has 1 amide bonds. The first-order valence-corrected chi connectivity index (χ1v) is 10.1. The van der Waals surface area contributed by atoms with Crippen LogP contribution in [0.2, 0.25) is 5.02 Å². The highest BCUT2D eigenvalue weighted by atomic mass is 35.5. The summed E-state index contributed by atoms with van der Waals surface area (Å²) in [6, 6.07) is 6.03.